The molecule has 2 N–H and O–H groups in total. The van der Waals surface area contributed by atoms with E-state index in [1.165, 1.54) is 12.1 Å². The molecule has 0 aromatic heterocycles. The first-order valence-corrected chi connectivity index (χ1v) is 4.12. The predicted molar refractivity (Wildman–Crippen MR) is 49.0 cm³/mol. The lowest BCUT2D eigenvalue weighted by atomic mass is 9.82. The maximum Gasteiger partial charge on any atom is 0.325 e. The summed E-state index contributed by atoms with van der Waals surface area (Å²) in [6, 6.07) is 4.93. The number of halogens is 1. The normalized spacial score (nSPS) is 11.1. The van der Waals surface area contributed by atoms with Crippen molar-refractivity contribution in [1.29, 1.82) is 0 Å². The van der Waals surface area contributed by atoms with Crippen molar-refractivity contribution in [2.24, 2.45) is 0 Å². The van der Waals surface area contributed by atoms with Crippen LogP contribution in [-0.4, -0.2) is 22.2 Å². The Kier molecular flexibility index (Phi) is 2.74. The SMILES string of the molecule is CC(C(=O)O)(C(=O)O)c1ccccc1F. The monoisotopic (exact) mass is 212 g/mol. The molecule has 15 heavy (non-hydrogen) atoms. The van der Waals surface area contributed by atoms with Crippen LogP contribution >= 0.6 is 0 Å². The van der Waals surface area contributed by atoms with E-state index in [2.05, 4.69) is 0 Å². The van der Waals surface area contributed by atoms with E-state index >= 15 is 0 Å². The van der Waals surface area contributed by atoms with E-state index in [0.717, 1.165) is 19.1 Å². The molecule has 0 heterocycles. The molecule has 80 valence electrons. The summed E-state index contributed by atoms with van der Waals surface area (Å²) in [6.45, 7) is 0.954. The summed E-state index contributed by atoms with van der Waals surface area (Å²) in [5.41, 5.74) is -2.62. The van der Waals surface area contributed by atoms with Gasteiger partial charge >= 0.3 is 11.9 Å². The second-order valence-corrected chi connectivity index (χ2v) is 3.22. The van der Waals surface area contributed by atoms with Gasteiger partial charge in [0.2, 0.25) is 0 Å². The summed E-state index contributed by atoms with van der Waals surface area (Å²) in [4.78, 5) is 21.7. The van der Waals surface area contributed by atoms with Gasteiger partial charge in [0.1, 0.15) is 5.82 Å². The van der Waals surface area contributed by atoms with Crippen molar-refractivity contribution in [2.45, 2.75) is 12.3 Å². The minimum atomic E-state index is -2.26. The Morgan fingerprint density at radius 3 is 2.07 bits per heavy atom. The molecule has 5 heteroatoms. The first-order chi connectivity index (χ1) is 6.90. The molecule has 0 saturated heterocycles. The van der Waals surface area contributed by atoms with Crippen LogP contribution < -0.4 is 0 Å². The Hall–Kier alpha value is -1.91. The van der Waals surface area contributed by atoms with E-state index in [0.29, 0.717) is 0 Å². The van der Waals surface area contributed by atoms with Crippen LogP contribution in [0.2, 0.25) is 0 Å². The molecule has 0 amide bonds. The van der Waals surface area contributed by atoms with Gasteiger partial charge in [-0.25, -0.2) is 4.39 Å². The van der Waals surface area contributed by atoms with Crippen molar-refractivity contribution in [3.05, 3.63) is 35.6 Å². The van der Waals surface area contributed by atoms with E-state index in [1.54, 1.807) is 0 Å². The van der Waals surface area contributed by atoms with Crippen molar-refractivity contribution in [3.8, 4) is 0 Å². The Morgan fingerprint density at radius 1 is 1.20 bits per heavy atom. The van der Waals surface area contributed by atoms with Gasteiger partial charge in [-0.2, -0.15) is 0 Å². The lowest BCUT2D eigenvalue weighted by molar-refractivity contribution is -0.156. The molecule has 0 fully saturated rings. The maximum atomic E-state index is 13.3. The first kappa shape index (κ1) is 11.2. The highest BCUT2D eigenvalue weighted by Crippen LogP contribution is 2.26. The number of carboxylic acid groups (broad SMARTS) is 2. The Labute approximate surface area is 85.0 Å². The molecule has 0 atom stereocenters. The number of benzene rings is 1. The van der Waals surface area contributed by atoms with Gasteiger partial charge in [-0.1, -0.05) is 18.2 Å². The van der Waals surface area contributed by atoms with Crippen molar-refractivity contribution >= 4 is 11.9 Å². The Balaban J connectivity index is 3.41. The zero-order valence-electron chi connectivity index (χ0n) is 7.90. The van der Waals surface area contributed by atoms with Crippen LogP contribution in [0.5, 0.6) is 0 Å². The van der Waals surface area contributed by atoms with Gasteiger partial charge in [-0.15, -0.1) is 0 Å². The minimum Gasteiger partial charge on any atom is -0.480 e. The third-order valence-electron chi connectivity index (χ3n) is 2.27. The molecule has 1 rings (SSSR count). The van der Waals surface area contributed by atoms with Gasteiger partial charge in [-0.05, 0) is 13.0 Å². The number of aliphatic carboxylic acids is 2. The van der Waals surface area contributed by atoms with Crippen LogP contribution in [0, 0.1) is 5.82 Å². The van der Waals surface area contributed by atoms with Gasteiger partial charge < -0.3 is 10.2 Å². The minimum absolute atomic E-state index is 0.356. The highest BCUT2D eigenvalue weighted by molar-refractivity contribution is 6.04. The third-order valence-corrected chi connectivity index (χ3v) is 2.27. The molecule has 4 nitrogen and oxygen atoms in total. The third kappa shape index (κ3) is 1.68. The van der Waals surface area contributed by atoms with Gasteiger partial charge in [0.15, 0.2) is 5.41 Å². The molecule has 0 aliphatic carbocycles. The first-order valence-electron chi connectivity index (χ1n) is 4.12. The van der Waals surface area contributed by atoms with Crippen LogP contribution in [-0.2, 0) is 15.0 Å². The second kappa shape index (κ2) is 3.68. The summed E-state index contributed by atoms with van der Waals surface area (Å²) in [5, 5.41) is 17.7. The number of rotatable bonds is 3. The van der Waals surface area contributed by atoms with E-state index in [9.17, 15) is 14.0 Å². The fourth-order valence-corrected chi connectivity index (χ4v) is 1.19. The second-order valence-electron chi connectivity index (χ2n) is 3.22. The summed E-state index contributed by atoms with van der Waals surface area (Å²) in [7, 11) is 0. The van der Waals surface area contributed by atoms with E-state index in [-0.39, 0.29) is 5.56 Å². The van der Waals surface area contributed by atoms with Crippen LogP contribution in [0.25, 0.3) is 0 Å². The molecule has 0 radical (unpaired) electrons. The molecular weight excluding hydrogens is 203 g/mol. The van der Waals surface area contributed by atoms with Gasteiger partial charge in [-0.3, -0.25) is 9.59 Å². The largest absolute Gasteiger partial charge is 0.480 e. The summed E-state index contributed by atoms with van der Waals surface area (Å²) >= 11 is 0. The quantitative estimate of drug-likeness (QED) is 0.739. The number of hydrogen-bond donors (Lipinski definition) is 2. The highest BCUT2D eigenvalue weighted by Gasteiger charge is 2.45. The van der Waals surface area contributed by atoms with Gasteiger partial charge in [0.25, 0.3) is 0 Å². The lowest BCUT2D eigenvalue weighted by Crippen LogP contribution is -2.41. The topological polar surface area (TPSA) is 74.6 Å². The highest BCUT2D eigenvalue weighted by atomic mass is 19.1. The summed E-state index contributed by atoms with van der Waals surface area (Å²) in [6.07, 6.45) is 0. The number of carboxylic acids is 2. The van der Waals surface area contributed by atoms with Crippen molar-refractivity contribution in [3.63, 3.8) is 0 Å². The molecule has 1 aromatic carbocycles. The van der Waals surface area contributed by atoms with E-state index in [1.807, 2.05) is 0 Å². The molecular formula is C10H9FO4. The molecule has 0 aliphatic heterocycles. The summed E-state index contributed by atoms with van der Waals surface area (Å²) < 4.78 is 13.3. The van der Waals surface area contributed by atoms with Crippen LogP contribution in [0.4, 0.5) is 4.39 Å². The maximum absolute atomic E-state index is 13.3. The molecule has 0 unspecified atom stereocenters. The van der Waals surface area contributed by atoms with Gasteiger partial charge in [0, 0.05) is 5.56 Å². The van der Waals surface area contributed by atoms with Crippen LogP contribution in [0.15, 0.2) is 24.3 Å². The van der Waals surface area contributed by atoms with Crippen molar-refractivity contribution in [1.82, 2.24) is 0 Å². The molecule has 0 saturated carbocycles. The van der Waals surface area contributed by atoms with Crippen LogP contribution in [0.1, 0.15) is 12.5 Å². The summed E-state index contributed by atoms with van der Waals surface area (Å²) in [5.74, 6) is -4.04. The van der Waals surface area contributed by atoms with Gasteiger partial charge in [0.05, 0.1) is 0 Å². The van der Waals surface area contributed by atoms with E-state index in [4.69, 9.17) is 10.2 Å². The van der Waals surface area contributed by atoms with Crippen LogP contribution in [0.3, 0.4) is 0 Å². The zero-order chi connectivity index (χ0) is 11.6. The Morgan fingerprint density at radius 2 is 1.67 bits per heavy atom. The molecule has 0 spiro atoms. The molecule has 0 aliphatic rings. The lowest BCUT2D eigenvalue weighted by Gasteiger charge is -2.20. The fourth-order valence-electron chi connectivity index (χ4n) is 1.19. The molecule has 0 bridgehead atoms. The van der Waals surface area contributed by atoms with Crippen molar-refractivity contribution in [2.75, 3.05) is 0 Å². The Bertz CT molecular complexity index is 400. The number of carbonyl (C=O) groups is 2. The predicted octanol–water partition coefficient (Wildman–Crippen LogP) is 1.25. The fraction of sp³-hybridized carbons (Fsp3) is 0.200. The standard InChI is InChI=1S/C10H9FO4/c1-10(8(12)13,9(14)15)6-4-2-3-5-7(6)11/h2-5H,1H3,(H,12,13)(H,14,15). The average Bonchev–Trinajstić information content (AvgIpc) is 2.16. The van der Waals surface area contributed by atoms with Crippen molar-refractivity contribution < 1.29 is 24.2 Å². The van der Waals surface area contributed by atoms with E-state index < -0.39 is 23.2 Å². The average molecular weight is 212 g/mol. The smallest absolute Gasteiger partial charge is 0.325 e. The number of hydrogen-bond acceptors (Lipinski definition) is 2. The molecule has 1 aromatic rings. The zero-order valence-corrected chi connectivity index (χ0v) is 7.90.